The van der Waals surface area contributed by atoms with Crippen molar-refractivity contribution < 1.29 is 13.9 Å². The topological polar surface area (TPSA) is 73.1 Å². The van der Waals surface area contributed by atoms with Crippen LogP contribution in [0.25, 0.3) is 10.9 Å². The number of hydrogen-bond acceptors (Lipinski definition) is 5. The minimum atomic E-state index is -0.354. The van der Waals surface area contributed by atoms with E-state index >= 15 is 0 Å². The van der Waals surface area contributed by atoms with Crippen molar-refractivity contribution in [2.45, 2.75) is 25.5 Å². The average molecular weight is 445 g/mol. The summed E-state index contributed by atoms with van der Waals surface area (Å²) < 4.78 is 20.8. The van der Waals surface area contributed by atoms with Crippen molar-refractivity contribution >= 4 is 16.8 Å². The molecule has 1 saturated heterocycles. The molecule has 0 bridgehead atoms. The van der Waals surface area contributed by atoms with Crippen LogP contribution in [-0.2, 0) is 22.5 Å². The first kappa shape index (κ1) is 21.2. The highest BCUT2D eigenvalue weighted by Crippen LogP contribution is 2.21. The number of fused-ring (bicyclic) bond motifs is 1. The molecule has 7 nitrogen and oxygen atoms in total. The lowest BCUT2D eigenvalue weighted by Crippen LogP contribution is -2.43. The van der Waals surface area contributed by atoms with Crippen LogP contribution in [0.4, 0.5) is 4.39 Å². The molecule has 0 aliphatic carbocycles. The third-order valence-electron chi connectivity index (χ3n) is 5.84. The van der Waals surface area contributed by atoms with E-state index in [1.54, 1.807) is 24.5 Å². The summed E-state index contributed by atoms with van der Waals surface area (Å²) in [4.78, 5) is 23.6. The number of amides is 1. The highest BCUT2D eigenvalue weighted by atomic mass is 19.1. The summed E-state index contributed by atoms with van der Waals surface area (Å²) in [6, 6.07) is 14.4. The minimum absolute atomic E-state index is 0.0656. The van der Waals surface area contributed by atoms with Gasteiger partial charge in [0, 0.05) is 37.2 Å². The van der Waals surface area contributed by atoms with Crippen molar-refractivity contribution in [1.29, 1.82) is 0 Å². The van der Waals surface area contributed by atoms with Crippen LogP contribution in [0.5, 0.6) is 0 Å². The average Bonchev–Trinajstić information content (AvgIpc) is 3.28. The highest BCUT2D eigenvalue weighted by Gasteiger charge is 2.27. The molecule has 1 aliphatic heterocycles. The molecule has 0 radical (unpaired) electrons. The molecule has 3 heterocycles. The van der Waals surface area contributed by atoms with E-state index in [2.05, 4.69) is 15.1 Å². The van der Waals surface area contributed by atoms with Gasteiger partial charge in [0.1, 0.15) is 11.9 Å². The number of hydrogen-bond donors (Lipinski definition) is 0. The van der Waals surface area contributed by atoms with Gasteiger partial charge < -0.3 is 9.64 Å². The number of carbonyl (C=O) groups is 1. The Morgan fingerprint density at radius 2 is 1.82 bits per heavy atom. The first-order valence-corrected chi connectivity index (χ1v) is 11.0. The molecule has 5 rings (SSSR count). The molecule has 0 spiro atoms. The summed E-state index contributed by atoms with van der Waals surface area (Å²) in [5, 5.41) is 5.47. The number of halogens is 1. The van der Waals surface area contributed by atoms with E-state index in [-0.39, 0.29) is 17.8 Å². The monoisotopic (exact) mass is 445 g/mol. The molecule has 168 valence electrons. The van der Waals surface area contributed by atoms with Gasteiger partial charge in [-0.25, -0.2) is 14.4 Å². The molecule has 8 heteroatoms. The lowest BCUT2D eigenvalue weighted by molar-refractivity contribution is -0.139. The third-order valence-corrected chi connectivity index (χ3v) is 5.84. The fourth-order valence-electron chi connectivity index (χ4n) is 4.06. The van der Waals surface area contributed by atoms with Gasteiger partial charge in [0.25, 0.3) is 0 Å². The van der Waals surface area contributed by atoms with Gasteiger partial charge in [-0.1, -0.05) is 30.3 Å². The number of aryl methyl sites for hydroxylation is 1. The number of morpholine rings is 1. The SMILES string of the molecule is O=C(CCn1ncc2ccccc21)N1CCOC(c2ncc(Cc3ccc(F)cc3)cn2)C1. The number of rotatable bonds is 6. The Morgan fingerprint density at radius 3 is 2.64 bits per heavy atom. The van der Waals surface area contributed by atoms with Crippen LogP contribution >= 0.6 is 0 Å². The standard InChI is InChI=1S/C25H24FN5O2/c26-21-7-5-18(6-8-21)13-19-14-27-25(28-15-19)23-17-30(11-12-33-23)24(32)9-10-31-22-4-2-1-3-20(22)16-29-31/h1-8,14-16,23H,9-13,17H2. The second-order valence-corrected chi connectivity index (χ2v) is 8.13. The molecule has 1 unspecified atom stereocenters. The molecule has 0 N–H and O–H groups in total. The van der Waals surface area contributed by atoms with E-state index in [0.717, 1.165) is 22.0 Å². The first-order valence-electron chi connectivity index (χ1n) is 11.0. The summed E-state index contributed by atoms with van der Waals surface area (Å²) in [5.74, 6) is 0.376. The van der Waals surface area contributed by atoms with Gasteiger partial charge in [0.2, 0.25) is 5.91 Å². The zero-order valence-electron chi connectivity index (χ0n) is 18.1. The summed E-state index contributed by atoms with van der Waals surface area (Å²) >= 11 is 0. The quantitative estimate of drug-likeness (QED) is 0.454. The number of ether oxygens (including phenoxy) is 1. The summed E-state index contributed by atoms with van der Waals surface area (Å²) in [6.45, 7) is 1.96. The van der Waals surface area contributed by atoms with Gasteiger partial charge in [0.05, 0.1) is 31.4 Å². The molecular weight excluding hydrogens is 421 g/mol. The molecule has 4 aromatic rings. The Bertz CT molecular complexity index is 1240. The van der Waals surface area contributed by atoms with Crippen LogP contribution in [0.1, 0.15) is 29.5 Å². The molecule has 1 aliphatic rings. The van der Waals surface area contributed by atoms with Gasteiger partial charge in [0.15, 0.2) is 5.82 Å². The predicted octanol–water partition coefficient (Wildman–Crippen LogP) is 3.55. The number of para-hydroxylation sites is 1. The second kappa shape index (κ2) is 9.46. The Labute approximate surface area is 190 Å². The Balaban J connectivity index is 1.18. The fraction of sp³-hybridized carbons (Fsp3) is 0.280. The van der Waals surface area contributed by atoms with Crippen LogP contribution in [-0.4, -0.2) is 50.3 Å². The smallest absolute Gasteiger partial charge is 0.224 e. The van der Waals surface area contributed by atoms with Crippen LogP contribution in [0, 0.1) is 5.82 Å². The summed E-state index contributed by atoms with van der Waals surface area (Å²) in [6.07, 6.45) is 5.99. The number of carbonyl (C=O) groups excluding carboxylic acids is 1. The first-order chi connectivity index (χ1) is 16.2. The van der Waals surface area contributed by atoms with Crippen molar-refractivity contribution in [2.24, 2.45) is 0 Å². The maximum absolute atomic E-state index is 13.1. The van der Waals surface area contributed by atoms with Crippen molar-refractivity contribution in [1.82, 2.24) is 24.6 Å². The molecule has 1 fully saturated rings. The molecule has 1 amide bonds. The van der Waals surface area contributed by atoms with E-state index < -0.39 is 0 Å². The van der Waals surface area contributed by atoms with Crippen molar-refractivity contribution in [3.63, 3.8) is 0 Å². The van der Waals surface area contributed by atoms with Gasteiger partial charge in [-0.15, -0.1) is 0 Å². The maximum Gasteiger partial charge on any atom is 0.224 e. The van der Waals surface area contributed by atoms with Crippen molar-refractivity contribution in [3.05, 3.63) is 89.9 Å². The number of benzene rings is 2. The lowest BCUT2D eigenvalue weighted by Gasteiger charge is -2.32. The number of aromatic nitrogens is 4. The summed E-state index contributed by atoms with van der Waals surface area (Å²) in [7, 11) is 0. The number of nitrogens with zero attached hydrogens (tertiary/aromatic N) is 5. The molecule has 33 heavy (non-hydrogen) atoms. The van der Waals surface area contributed by atoms with E-state index in [9.17, 15) is 9.18 Å². The van der Waals surface area contributed by atoms with Crippen LogP contribution in [0.2, 0.25) is 0 Å². The van der Waals surface area contributed by atoms with E-state index in [0.29, 0.717) is 44.9 Å². The lowest BCUT2D eigenvalue weighted by atomic mass is 10.1. The van der Waals surface area contributed by atoms with Crippen LogP contribution in [0.3, 0.4) is 0 Å². The molecule has 2 aromatic heterocycles. The van der Waals surface area contributed by atoms with Gasteiger partial charge in [-0.2, -0.15) is 5.10 Å². The Hall–Kier alpha value is -3.65. The fourth-order valence-corrected chi connectivity index (χ4v) is 4.06. The van der Waals surface area contributed by atoms with Crippen molar-refractivity contribution in [3.8, 4) is 0 Å². The molecule has 0 saturated carbocycles. The van der Waals surface area contributed by atoms with Gasteiger partial charge in [-0.05, 0) is 29.3 Å². The van der Waals surface area contributed by atoms with Crippen LogP contribution in [0.15, 0.2) is 67.1 Å². The zero-order valence-corrected chi connectivity index (χ0v) is 18.1. The molecule has 1 atom stereocenters. The summed E-state index contributed by atoms with van der Waals surface area (Å²) in [5.41, 5.74) is 2.95. The van der Waals surface area contributed by atoms with Gasteiger partial charge >= 0.3 is 0 Å². The van der Waals surface area contributed by atoms with E-state index in [1.807, 2.05) is 40.0 Å². The predicted molar refractivity (Wildman–Crippen MR) is 121 cm³/mol. The molecule has 2 aromatic carbocycles. The normalized spacial score (nSPS) is 16.3. The largest absolute Gasteiger partial charge is 0.367 e. The maximum atomic E-state index is 13.1. The Morgan fingerprint density at radius 1 is 1.03 bits per heavy atom. The van der Waals surface area contributed by atoms with Gasteiger partial charge in [-0.3, -0.25) is 9.48 Å². The van der Waals surface area contributed by atoms with Crippen LogP contribution < -0.4 is 0 Å². The minimum Gasteiger partial charge on any atom is -0.367 e. The molecular formula is C25H24FN5O2. The van der Waals surface area contributed by atoms with E-state index in [1.165, 1.54) is 12.1 Å². The third kappa shape index (κ3) is 4.90. The highest BCUT2D eigenvalue weighted by molar-refractivity contribution is 5.79. The van der Waals surface area contributed by atoms with E-state index in [4.69, 9.17) is 4.74 Å². The van der Waals surface area contributed by atoms with Crippen molar-refractivity contribution in [2.75, 3.05) is 19.7 Å². The second-order valence-electron chi connectivity index (χ2n) is 8.13. The zero-order chi connectivity index (χ0) is 22.6. The Kier molecular flexibility index (Phi) is 6.08.